The number of hydrogen-bond donors (Lipinski definition) is 0. The molecule has 1 heterocycles. The van der Waals surface area contributed by atoms with Crippen molar-refractivity contribution in [3.05, 3.63) is 71.8 Å². The molecule has 2 aliphatic rings. The van der Waals surface area contributed by atoms with Gasteiger partial charge in [-0.05, 0) is 61.7 Å². The maximum absolute atomic E-state index is 12.5. The van der Waals surface area contributed by atoms with Crippen molar-refractivity contribution in [2.24, 2.45) is 11.3 Å². The molecule has 1 aliphatic carbocycles. The molecule has 1 aliphatic heterocycles. The second-order valence-electron chi connectivity index (χ2n) is 9.23. The molecule has 1 saturated heterocycles. The molecule has 30 heavy (non-hydrogen) atoms. The Morgan fingerprint density at radius 2 is 1.63 bits per heavy atom. The second-order valence-corrected chi connectivity index (χ2v) is 9.23. The lowest BCUT2D eigenvalue weighted by Gasteiger charge is -2.49. The van der Waals surface area contributed by atoms with Gasteiger partial charge in [-0.3, -0.25) is 4.79 Å². The molecule has 160 valence electrons. The SMILES string of the molecule is COC(=O)[C@@H]1CCCC[C@@]12CCCN(CCC(c1ccccc1)c1ccccc1)C2. The number of methoxy groups -OCH3 is 1. The summed E-state index contributed by atoms with van der Waals surface area (Å²) in [6.07, 6.45) is 8.04. The Kier molecular flexibility index (Phi) is 6.89. The molecule has 4 rings (SSSR count). The zero-order valence-electron chi connectivity index (χ0n) is 18.3. The van der Waals surface area contributed by atoms with Crippen LogP contribution >= 0.6 is 0 Å². The lowest BCUT2D eigenvalue weighted by Crippen LogP contribution is -2.51. The third kappa shape index (κ3) is 4.62. The van der Waals surface area contributed by atoms with E-state index in [9.17, 15) is 4.79 Å². The fourth-order valence-corrected chi connectivity index (χ4v) is 5.96. The average molecular weight is 406 g/mol. The third-order valence-electron chi connectivity index (χ3n) is 7.47. The van der Waals surface area contributed by atoms with Crippen LogP contribution in [0.2, 0.25) is 0 Å². The van der Waals surface area contributed by atoms with Crippen LogP contribution in [0, 0.1) is 11.3 Å². The van der Waals surface area contributed by atoms with Crippen molar-refractivity contribution in [1.29, 1.82) is 0 Å². The Bertz CT molecular complexity index is 763. The molecule has 3 heteroatoms. The molecule has 2 atom stereocenters. The van der Waals surface area contributed by atoms with Crippen molar-refractivity contribution in [1.82, 2.24) is 4.90 Å². The summed E-state index contributed by atoms with van der Waals surface area (Å²) in [5.74, 6) is 0.508. The van der Waals surface area contributed by atoms with Gasteiger partial charge in [-0.1, -0.05) is 73.5 Å². The smallest absolute Gasteiger partial charge is 0.309 e. The van der Waals surface area contributed by atoms with E-state index >= 15 is 0 Å². The largest absolute Gasteiger partial charge is 0.469 e. The van der Waals surface area contributed by atoms with Crippen molar-refractivity contribution in [2.75, 3.05) is 26.7 Å². The summed E-state index contributed by atoms with van der Waals surface area (Å²) >= 11 is 0. The van der Waals surface area contributed by atoms with Crippen LogP contribution in [0.5, 0.6) is 0 Å². The minimum Gasteiger partial charge on any atom is -0.469 e. The molecule has 1 saturated carbocycles. The van der Waals surface area contributed by atoms with Crippen molar-refractivity contribution < 1.29 is 9.53 Å². The third-order valence-corrected chi connectivity index (χ3v) is 7.47. The van der Waals surface area contributed by atoms with Crippen LogP contribution in [0.4, 0.5) is 0 Å². The number of hydrogen-bond acceptors (Lipinski definition) is 3. The highest BCUT2D eigenvalue weighted by molar-refractivity contribution is 5.73. The van der Waals surface area contributed by atoms with Gasteiger partial charge < -0.3 is 9.64 Å². The van der Waals surface area contributed by atoms with Crippen molar-refractivity contribution in [3.8, 4) is 0 Å². The number of piperidine rings is 1. The van der Waals surface area contributed by atoms with Gasteiger partial charge in [-0.2, -0.15) is 0 Å². The first-order valence-corrected chi connectivity index (χ1v) is 11.6. The number of benzene rings is 2. The zero-order valence-corrected chi connectivity index (χ0v) is 18.3. The van der Waals surface area contributed by atoms with E-state index in [1.54, 1.807) is 7.11 Å². The van der Waals surface area contributed by atoms with Gasteiger partial charge in [0.1, 0.15) is 0 Å². The van der Waals surface area contributed by atoms with Gasteiger partial charge in [0, 0.05) is 12.5 Å². The first-order valence-electron chi connectivity index (χ1n) is 11.6. The van der Waals surface area contributed by atoms with Crippen LogP contribution < -0.4 is 0 Å². The Labute approximate surface area is 181 Å². The van der Waals surface area contributed by atoms with E-state index in [1.165, 1.54) is 36.8 Å². The molecule has 2 aromatic rings. The number of carbonyl (C=O) groups excluding carboxylic acids is 1. The van der Waals surface area contributed by atoms with E-state index in [0.29, 0.717) is 5.92 Å². The second kappa shape index (κ2) is 9.78. The molecule has 2 fully saturated rings. The molecular formula is C27H35NO2. The van der Waals surface area contributed by atoms with E-state index in [2.05, 4.69) is 65.6 Å². The molecule has 3 nitrogen and oxygen atoms in total. The summed E-state index contributed by atoms with van der Waals surface area (Å²) in [5.41, 5.74) is 2.90. The van der Waals surface area contributed by atoms with Gasteiger partial charge in [-0.25, -0.2) is 0 Å². The van der Waals surface area contributed by atoms with E-state index < -0.39 is 0 Å². The normalized spacial score (nSPS) is 24.8. The summed E-state index contributed by atoms with van der Waals surface area (Å²) in [5, 5.41) is 0. The molecule has 0 amide bonds. The quantitative estimate of drug-likeness (QED) is 0.581. The van der Waals surface area contributed by atoms with Crippen LogP contribution in [0.3, 0.4) is 0 Å². The van der Waals surface area contributed by atoms with Gasteiger partial charge in [0.05, 0.1) is 13.0 Å². The van der Waals surface area contributed by atoms with Gasteiger partial charge >= 0.3 is 5.97 Å². The summed E-state index contributed by atoms with van der Waals surface area (Å²) in [7, 11) is 1.55. The summed E-state index contributed by atoms with van der Waals surface area (Å²) in [6, 6.07) is 21.8. The van der Waals surface area contributed by atoms with Gasteiger partial charge in [0.2, 0.25) is 0 Å². The maximum Gasteiger partial charge on any atom is 0.309 e. The Morgan fingerprint density at radius 1 is 1.00 bits per heavy atom. The molecular weight excluding hydrogens is 370 g/mol. The molecule has 2 aromatic carbocycles. The molecule has 0 N–H and O–H groups in total. The Balaban J connectivity index is 1.48. The number of likely N-dealkylation sites (tertiary alicyclic amines) is 1. The van der Waals surface area contributed by atoms with Crippen LogP contribution in [0.1, 0.15) is 62.0 Å². The fraction of sp³-hybridized carbons (Fsp3) is 0.519. The molecule has 0 unspecified atom stereocenters. The Hall–Kier alpha value is -2.13. The highest BCUT2D eigenvalue weighted by Gasteiger charge is 2.47. The average Bonchev–Trinajstić information content (AvgIpc) is 2.81. The van der Waals surface area contributed by atoms with Crippen molar-refractivity contribution in [2.45, 2.75) is 50.9 Å². The van der Waals surface area contributed by atoms with Gasteiger partial charge in [-0.15, -0.1) is 0 Å². The number of rotatable bonds is 6. The number of esters is 1. The van der Waals surface area contributed by atoms with Crippen LogP contribution in [0.25, 0.3) is 0 Å². The monoisotopic (exact) mass is 405 g/mol. The topological polar surface area (TPSA) is 29.5 Å². The van der Waals surface area contributed by atoms with Crippen LogP contribution in [0.15, 0.2) is 60.7 Å². The van der Waals surface area contributed by atoms with Crippen molar-refractivity contribution >= 4 is 5.97 Å². The fourth-order valence-electron chi connectivity index (χ4n) is 5.96. The number of carbonyl (C=O) groups is 1. The zero-order chi connectivity index (χ0) is 20.8. The number of ether oxygens (including phenoxy) is 1. The van der Waals surface area contributed by atoms with Gasteiger partial charge in [0.15, 0.2) is 0 Å². The maximum atomic E-state index is 12.5. The van der Waals surface area contributed by atoms with Crippen LogP contribution in [-0.4, -0.2) is 37.6 Å². The lowest BCUT2D eigenvalue weighted by atomic mass is 9.62. The minimum atomic E-state index is 0.0167. The summed E-state index contributed by atoms with van der Waals surface area (Å²) in [4.78, 5) is 15.2. The van der Waals surface area contributed by atoms with Crippen LogP contribution in [-0.2, 0) is 9.53 Å². The van der Waals surface area contributed by atoms with Gasteiger partial charge in [0.25, 0.3) is 0 Å². The first-order chi connectivity index (χ1) is 14.7. The molecule has 0 radical (unpaired) electrons. The predicted octanol–water partition coefficient (Wildman–Crippen LogP) is 5.65. The lowest BCUT2D eigenvalue weighted by molar-refractivity contribution is -0.155. The highest BCUT2D eigenvalue weighted by Crippen LogP contribution is 2.48. The first kappa shape index (κ1) is 21.1. The standard InChI is InChI=1S/C27H35NO2/c1-30-26(29)25-15-8-9-17-27(25)18-10-19-28(21-27)20-16-24(22-11-4-2-5-12-22)23-13-6-3-7-14-23/h2-7,11-14,24-25H,8-10,15-21H2,1H3/t25-,27-/m0/s1. The van der Waals surface area contributed by atoms with E-state index in [-0.39, 0.29) is 17.3 Å². The minimum absolute atomic E-state index is 0.0167. The van der Waals surface area contributed by atoms with E-state index in [4.69, 9.17) is 4.74 Å². The highest BCUT2D eigenvalue weighted by atomic mass is 16.5. The van der Waals surface area contributed by atoms with E-state index in [1.807, 2.05) is 0 Å². The summed E-state index contributed by atoms with van der Waals surface area (Å²) < 4.78 is 5.21. The summed E-state index contributed by atoms with van der Waals surface area (Å²) in [6.45, 7) is 3.26. The number of nitrogens with zero attached hydrogens (tertiary/aromatic N) is 1. The van der Waals surface area contributed by atoms with E-state index in [0.717, 1.165) is 38.9 Å². The Morgan fingerprint density at radius 3 is 2.27 bits per heavy atom. The van der Waals surface area contributed by atoms with Crippen molar-refractivity contribution in [3.63, 3.8) is 0 Å². The molecule has 1 spiro atoms. The molecule has 0 bridgehead atoms. The predicted molar refractivity (Wildman–Crippen MR) is 121 cm³/mol. The molecule has 0 aromatic heterocycles.